The van der Waals surface area contributed by atoms with Crippen LogP contribution in [0.3, 0.4) is 0 Å². The van der Waals surface area contributed by atoms with Crippen molar-refractivity contribution in [2.75, 3.05) is 13.1 Å². The Labute approximate surface area is 105 Å². The standard InChI is InChI=1S/C16H22N/c1-2-6-14(7-3-1)12-17-11-10-16(13-17)15-8-4-5-9-15/h1-4,6-7,15-16H,5,8-13H2/t15-,16?/m0/s1. The molecule has 0 aromatic heterocycles. The van der Waals surface area contributed by atoms with E-state index in [2.05, 4.69) is 41.7 Å². The lowest BCUT2D eigenvalue weighted by Crippen LogP contribution is -2.22. The lowest BCUT2D eigenvalue weighted by Gasteiger charge is -2.19. The van der Waals surface area contributed by atoms with E-state index >= 15 is 0 Å². The minimum absolute atomic E-state index is 0.970. The van der Waals surface area contributed by atoms with Crippen molar-refractivity contribution in [3.63, 3.8) is 0 Å². The van der Waals surface area contributed by atoms with Crippen LogP contribution in [0.5, 0.6) is 0 Å². The molecule has 0 amide bonds. The SMILES string of the molecule is [CH]1CC[C@@H](C2CCN(Cc3ccccc3)C2)C1. The Balaban J connectivity index is 1.53. The van der Waals surface area contributed by atoms with Gasteiger partial charge >= 0.3 is 0 Å². The van der Waals surface area contributed by atoms with Crippen molar-refractivity contribution < 1.29 is 0 Å². The summed E-state index contributed by atoms with van der Waals surface area (Å²) >= 11 is 0. The maximum Gasteiger partial charge on any atom is 0.0233 e. The summed E-state index contributed by atoms with van der Waals surface area (Å²) in [7, 11) is 0. The Morgan fingerprint density at radius 2 is 1.94 bits per heavy atom. The van der Waals surface area contributed by atoms with E-state index in [4.69, 9.17) is 0 Å². The molecule has 91 valence electrons. The smallest absolute Gasteiger partial charge is 0.0233 e. The van der Waals surface area contributed by atoms with E-state index < -0.39 is 0 Å². The molecule has 1 aliphatic carbocycles. The van der Waals surface area contributed by atoms with Crippen LogP contribution in [0.1, 0.15) is 31.2 Å². The molecule has 2 aliphatic rings. The van der Waals surface area contributed by atoms with Crippen LogP contribution in [0.15, 0.2) is 30.3 Å². The van der Waals surface area contributed by atoms with E-state index in [1.807, 2.05) is 0 Å². The van der Waals surface area contributed by atoms with Gasteiger partial charge in [0.1, 0.15) is 0 Å². The number of hydrogen-bond donors (Lipinski definition) is 0. The van der Waals surface area contributed by atoms with Crippen molar-refractivity contribution in [1.82, 2.24) is 4.90 Å². The zero-order chi connectivity index (χ0) is 11.5. The van der Waals surface area contributed by atoms with E-state index in [0.29, 0.717) is 0 Å². The molecule has 1 nitrogen and oxygen atoms in total. The molecule has 1 heteroatoms. The molecule has 17 heavy (non-hydrogen) atoms. The first kappa shape index (κ1) is 11.3. The maximum absolute atomic E-state index is 2.64. The molecule has 1 aliphatic heterocycles. The van der Waals surface area contributed by atoms with Crippen molar-refractivity contribution in [3.05, 3.63) is 42.3 Å². The Morgan fingerprint density at radius 3 is 2.71 bits per heavy atom. The van der Waals surface area contributed by atoms with Crippen LogP contribution in [0, 0.1) is 18.3 Å². The lowest BCUT2D eigenvalue weighted by molar-refractivity contribution is 0.285. The van der Waals surface area contributed by atoms with Gasteiger partial charge in [-0.1, -0.05) is 30.3 Å². The first-order chi connectivity index (χ1) is 8.42. The van der Waals surface area contributed by atoms with Gasteiger partial charge in [0.2, 0.25) is 0 Å². The van der Waals surface area contributed by atoms with Gasteiger partial charge in [-0.05, 0) is 56.0 Å². The number of benzene rings is 1. The Bertz CT molecular complexity index is 340. The summed E-state index contributed by atoms with van der Waals surface area (Å²) in [5, 5.41) is 0. The topological polar surface area (TPSA) is 3.24 Å². The van der Waals surface area contributed by atoms with E-state index in [0.717, 1.165) is 18.4 Å². The number of likely N-dealkylation sites (tertiary alicyclic amines) is 1. The summed E-state index contributed by atoms with van der Waals surface area (Å²) in [4.78, 5) is 2.64. The highest BCUT2D eigenvalue weighted by atomic mass is 15.1. The fourth-order valence-corrected chi connectivity index (χ4v) is 3.44. The zero-order valence-corrected chi connectivity index (χ0v) is 10.5. The van der Waals surface area contributed by atoms with E-state index in [-0.39, 0.29) is 0 Å². The van der Waals surface area contributed by atoms with Crippen molar-refractivity contribution in [1.29, 1.82) is 0 Å². The highest BCUT2D eigenvalue weighted by molar-refractivity contribution is 5.14. The maximum atomic E-state index is 2.64. The van der Waals surface area contributed by atoms with Gasteiger partial charge in [-0.25, -0.2) is 0 Å². The van der Waals surface area contributed by atoms with Crippen molar-refractivity contribution in [2.45, 2.75) is 32.2 Å². The second-order valence-corrected chi connectivity index (χ2v) is 5.63. The fourth-order valence-electron chi connectivity index (χ4n) is 3.44. The highest BCUT2D eigenvalue weighted by Crippen LogP contribution is 2.36. The molecule has 1 aromatic carbocycles. The van der Waals surface area contributed by atoms with Gasteiger partial charge in [0.15, 0.2) is 0 Å². The van der Waals surface area contributed by atoms with Gasteiger partial charge in [-0.2, -0.15) is 0 Å². The molecule has 2 atom stereocenters. The molecular weight excluding hydrogens is 206 g/mol. The summed E-state index contributed by atoms with van der Waals surface area (Å²) < 4.78 is 0. The molecule has 0 spiro atoms. The minimum Gasteiger partial charge on any atom is -0.299 e. The van der Waals surface area contributed by atoms with Gasteiger partial charge in [0.25, 0.3) is 0 Å². The molecule has 1 radical (unpaired) electrons. The number of rotatable bonds is 3. The third kappa shape index (κ3) is 2.71. The van der Waals surface area contributed by atoms with Gasteiger partial charge in [-0.15, -0.1) is 0 Å². The van der Waals surface area contributed by atoms with Gasteiger partial charge in [0.05, 0.1) is 0 Å². The average molecular weight is 228 g/mol. The van der Waals surface area contributed by atoms with Crippen LogP contribution in [-0.2, 0) is 6.54 Å². The summed E-state index contributed by atoms with van der Waals surface area (Å²) in [6, 6.07) is 10.9. The molecular formula is C16H22N. The molecule has 0 N–H and O–H groups in total. The van der Waals surface area contributed by atoms with Crippen LogP contribution in [-0.4, -0.2) is 18.0 Å². The molecule has 1 saturated heterocycles. The van der Waals surface area contributed by atoms with Crippen molar-refractivity contribution in [2.24, 2.45) is 11.8 Å². The number of nitrogens with zero attached hydrogens (tertiary/aromatic N) is 1. The predicted molar refractivity (Wildman–Crippen MR) is 71.5 cm³/mol. The van der Waals surface area contributed by atoms with Crippen LogP contribution < -0.4 is 0 Å². The number of hydrogen-bond acceptors (Lipinski definition) is 1. The van der Waals surface area contributed by atoms with Gasteiger partial charge in [-0.3, -0.25) is 4.90 Å². The molecule has 2 fully saturated rings. The minimum atomic E-state index is 0.970. The normalized spacial score (nSPS) is 26.7. The summed E-state index contributed by atoms with van der Waals surface area (Å²) in [6.07, 6.45) is 8.10. The fraction of sp³-hybridized carbons (Fsp3) is 0.562. The van der Waals surface area contributed by atoms with E-state index in [1.165, 1.54) is 44.3 Å². The quantitative estimate of drug-likeness (QED) is 0.765. The Morgan fingerprint density at radius 1 is 1.06 bits per heavy atom. The van der Waals surface area contributed by atoms with Crippen molar-refractivity contribution in [3.8, 4) is 0 Å². The molecule has 3 rings (SSSR count). The Hall–Kier alpha value is -0.820. The summed E-state index contributed by atoms with van der Waals surface area (Å²) in [5.41, 5.74) is 1.46. The third-order valence-electron chi connectivity index (χ3n) is 4.44. The van der Waals surface area contributed by atoms with Crippen LogP contribution >= 0.6 is 0 Å². The van der Waals surface area contributed by atoms with E-state index in [9.17, 15) is 0 Å². The molecule has 1 aromatic rings. The molecule has 1 unspecified atom stereocenters. The van der Waals surface area contributed by atoms with Crippen molar-refractivity contribution >= 4 is 0 Å². The first-order valence-corrected chi connectivity index (χ1v) is 7.00. The second-order valence-electron chi connectivity index (χ2n) is 5.63. The average Bonchev–Trinajstić information content (AvgIpc) is 3.00. The van der Waals surface area contributed by atoms with Crippen LogP contribution in [0.4, 0.5) is 0 Å². The first-order valence-electron chi connectivity index (χ1n) is 7.00. The monoisotopic (exact) mass is 228 g/mol. The summed E-state index contributed by atoms with van der Waals surface area (Å²) in [6.45, 7) is 3.78. The van der Waals surface area contributed by atoms with Crippen LogP contribution in [0.25, 0.3) is 0 Å². The summed E-state index contributed by atoms with van der Waals surface area (Å²) in [5.74, 6) is 1.97. The second kappa shape index (κ2) is 5.22. The molecule has 1 heterocycles. The van der Waals surface area contributed by atoms with E-state index in [1.54, 1.807) is 0 Å². The molecule has 1 saturated carbocycles. The zero-order valence-electron chi connectivity index (χ0n) is 10.5. The lowest BCUT2D eigenvalue weighted by atomic mass is 9.90. The van der Waals surface area contributed by atoms with Gasteiger partial charge in [0, 0.05) is 13.1 Å². The van der Waals surface area contributed by atoms with Crippen LogP contribution in [0.2, 0.25) is 0 Å². The molecule has 0 bridgehead atoms. The third-order valence-corrected chi connectivity index (χ3v) is 4.44. The van der Waals surface area contributed by atoms with Gasteiger partial charge < -0.3 is 0 Å². The Kier molecular flexibility index (Phi) is 3.46. The predicted octanol–water partition coefficient (Wildman–Crippen LogP) is 3.51. The highest BCUT2D eigenvalue weighted by Gasteiger charge is 2.30. The largest absolute Gasteiger partial charge is 0.299 e.